The van der Waals surface area contributed by atoms with Crippen LogP contribution in [-0.4, -0.2) is 41.5 Å². The summed E-state index contributed by atoms with van der Waals surface area (Å²) >= 11 is 0. The fourth-order valence-electron chi connectivity index (χ4n) is 2.46. The Hall–Kier alpha value is -1.82. The molecule has 0 aliphatic carbocycles. The van der Waals surface area contributed by atoms with Crippen LogP contribution >= 0.6 is 12.4 Å². The molecule has 1 fully saturated rings. The van der Waals surface area contributed by atoms with Crippen LogP contribution in [0.15, 0.2) is 18.3 Å². The highest BCUT2D eigenvalue weighted by atomic mass is 35.5. The maximum Gasteiger partial charge on any atom is 0.310 e. The Morgan fingerprint density at radius 2 is 2.23 bits per heavy atom. The van der Waals surface area contributed by atoms with Gasteiger partial charge in [0.15, 0.2) is 0 Å². The summed E-state index contributed by atoms with van der Waals surface area (Å²) < 4.78 is 5.04. The van der Waals surface area contributed by atoms with E-state index in [9.17, 15) is 9.59 Å². The summed E-state index contributed by atoms with van der Waals surface area (Å²) in [7, 11) is 0. The molecule has 0 aromatic carbocycles. The lowest BCUT2D eigenvalue weighted by atomic mass is 9.98. The highest BCUT2D eigenvalue weighted by Gasteiger charge is 2.29. The minimum atomic E-state index is -0.208. The molecule has 2 rings (SSSR count). The van der Waals surface area contributed by atoms with Gasteiger partial charge < -0.3 is 15.4 Å². The van der Waals surface area contributed by atoms with Crippen molar-refractivity contribution < 1.29 is 14.3 Å². The minimum absolute atomic E-state index is 0. The first-order valence-electron chi connectivity index (χ1n) is 7.25. The molecule has 1 aromatic rings. The number of nitrogens with zero attached hydrogens (tertiary/aromatic N) is 2. The predicted molar refractivity (Wildman–Crippen MR) is 85.5 cm³/mol. The van der Waals surface area contributed by atoms with Crippen molar-refractivity contribution in [2.45, 2.75) is 26.2 Å². The molecule has 1 saturated heterocycles. The Balaban J connectivity index is 0.00000242. The maximum atomic E-state index is 12.3. The van der Waals surface area contributed by atoms with Crippen molar-refractivity contribution in [3.63, 3.8) is 0 Å². The van der Waals surface area contributed by atoms with E-state index < -0.39 is 0 Å². The van der Waals surface area contributed by atoms with Gasteiger partial charge in [-0.15, -0.1) is 12.4 Å². The van der Waals surface area contributed by atoms with Gasteiger partial charge >= 0.3 is 5.97 Å². The zero-order chi connectivity index (χ0) is 15.2. The fourth-order valence-corrected chi connectivity index (χ4v) is 2.46. The summed E-state index contributed by atoms with van der Waals surface area (Å²) in [6.45, 7) is 3.28. The number of carbonyl (C=O) groups excluding carboxylic acids is 2. The number of pyridine rings is 1. The van der Waals surface area contributed by atoms with Crippen molar-refractivity contribution >= 4 is 30.0 Å². The van der Waals surface area contributed by atoms with E-state index >= 15 is 0 Å². The van der Waals surface area contributed by atoms with E-state index in [1.165, 1.54) is 0 Å². The molecule has 0 radical (unpaired) electrons. The van der Waals surface area contributed by atoms with E-state index in [1.807, 2.05) is 0 Å². The number of carbonyl (C=O) groups is 2. The molecular formula is C15H22ClN3O3. The van der Waals surface area contributed by atoms with Gasteiger partial charge in [-0.25, -0.2) is 0 Å². The molecule has 6 nitrogen and oxygen atoms in total. The van der Waals surface area contributed by atoms with Gasteiger partial charge in [0, 0.05) is 18.8 Å². The van der Waals surface area contributed by atoms with Crippen LogP contribution in [0.5, 0.6) is 0 Å². The molecule has 2 heterocycles. The molecular weight excluding hydrogens is 306 g/mol. The number of likely N-dealkylation sites (tertiary alicyclic amines) is 1. The Labute approximate surface area is 136 Å². The van der Waals surface area contributed by atoms with Crippen molar-refractivity contribution in [2.75, 3.05) is 25.4 Å². The van der Waals surface area contributed by atoms with Gasteiger partial charge in [0.1, 0.15) is 0 Å². The van der Waals surface area contributed by atoms with E-state index in [1.54, 1.807) is 30.2 Å². The van der Waals surface area contributed by atoms with E-state index in [2.05, 4.69) is 4.98 Å². The monoisotopic (exact) mass is 327 g/mol. The van der Waals surface area contributed by atoms with Crippen LogP contribution in [0.4, 0.5) is 5.69 Å². The Bertz CT molecular complexity index is 507. The summed E-state index contributed by atoms with van der Waals surface area (Å²) in [5.41, 5.74) is 6.83. The second-order valence-electron chi connectivity index (χ2n) is 5.19. The third kappa shape index (κ3) is 4.87. The van der Waals surface area contributed by atoms with E-state index in [0.29, 0.717) is 31.1 Å². The van der Waals surface area contributed by atoms with Gasteiger partial charge in [0.2, 0.25) is 5.91 Å². The van der Waals surface area contributed by atoms with Crippen molar-refractivity contribution in [3.05, 3.63) is 24.0 Å². The average Bonchev–Trinajstić information content (AvgIpc) is 2.50. The Kier molecular flexibility index (Phi) is 7.11. The number of halogens is 1. The zero-order valence-electron chi connectivity index (χ0n) is 12.7. The number of aromatic nitrogens is 1. The van der Waals surface area contributed by atoms with Crippen LogP contribution in [0.25, 0.3) is 0 Å². The summed E-state index contributed by atoms with van der Waals surface area (Å²) in [5.74, 6) is -0.427. The van der Waals surface area contributed by atoms with Crippen LogP contribution in [0.1, 0.15) is 25.5 Å². The highest BCUT2D eigenvalue weighted by Crippen LogP contribution is 2.18. The first kappa shape index (κ1) is 18.2. The number of ether oxygens (including phenoxy) is 1. The number of amides is 1. The summed E-state index contributed by atoms with van der Waals surface area (Å²) in [4.78, 5) is 29.9. The van der Waals surface area contributed by atoms with Crippen LogP contribution in [0, 0.1) is 5.92 Å². The molecule has 122 valence electrons. The number of esters is 1. The summed E-state index contributed by atoms with van der Waals surface area (Å²) in [6, 6.07) is 3.48. The second-order valence-corrected chi connectivity index (χ2v) is 5.19. The van der Waals surface area contributed by atoms with Crippen molar-refractivity contribution in [1.29, 1.82) is 0 Å². The van der Waals surface area contributed by atoms with Crippen LogP contribution in [0.3, 0.4) is 0 Å². The standard InChI is InChI=1S/C15H21N3O3.ClH/c1-2-21-15(20)11-4-3-7-18(10-11)14(19)8-13-6-5-12(16)9-17-13;/h5-6,9,11H,2-4,7-8,10,16H2,1H3;1H. The summed E-state index contributed by atoms with van der Waals surface area (Å²) in [5, 5.41) is 0. The molecule has 1 aliphatic heterocycles. The van der Waals surface area contributed by atoms with Crippen LogP contribution < -0.4 is 5.73 Å². The van der Waals surface area contributed by atoms with Gasteiger partial charge in [-0.05, 0) is 31.9 Å². The first-order chi connectivity index (χ1) is 10.1. The smallest absolute Gasteiger partial charge is 0.310 e. The molecule has 2 N–H and O–H groups in total. The third-order valence-electron chi connectivity index (χ3n) is 3.57. The molecule has 22 heavy (non-hydrogen) atoms. The number of nitrogen functional groups attached to an aromatic ring is 1. The number of anilines is 1. The number of nitrogens with two attached hydrogens (primary N) is 1. The average molecular weight is 328 g/mol. The molecule has 1 atom stereocenters. The molecule has 7 heteroatoms. The van der Waals surface area contributed by atoms with Crippen molar-refractivity contribution in [3.8, 4) is 0 Å². The number of hydrogen-bond acceptors (Lipinski definition) is 5. The zero-order valence-corrected chi connectivity index (χ0v) is 13.5. The largest absolute Gasteiger partial charge is 0.466 e. The lowest BCUT2D eigenvalue weighted by Gasteiger charge is -2.31. The first-order valence-corrected chi connectivity index (χ1v) is 7.25. The van der Waals surface area contributed by atoms with Crippen LogP contribution in [0.2, 0.25) is 0 Å². The van der Waals surface area contributed by atoms with Gasteiger partial charge in [-0.2, -0.15) is 0 Å². The topological polar surface area (TPSA) is 85.5 Å². The molecule has 0 spiro atoms. The van der Waals surface area contributed by atoms with Crippen molar-refractivity contribution in [2.24, 2.45) is 5.92 Å². The minimum Gasteiger partial charge on any atom is -0.466 e. The lowest BCUT2D eigenvalue weighted by Crippen LogP contribution is -2.43. The predicted octanol–water partition coefficient (Wildman–Crippen LogP) is 1.43. The number of rotatable bonds is 4. The Morgan fingerprint density at radius 1 is 1.45 bits per heavy atom. The third-order valence-corrected chi connectivity index (χ3v) is 3.57. The van der Waals surface area contributed by atoms with Gasteiger partial charge in [-0.3, -0.25) is 14.6 Å². The fraction of sp³-hybridized carbons (Fsp3) is 0.533. The highest BCUT2D eigenvalue weighted by molar-refractivity contribution is 5.85. The number of piperidine rings is 1. The SMILES string of the molecule is CCOC(=O)C1CCCN(C(=O)Cc2ccc(N)cn2)C1.Cl. The molecule has 0 bridgehead atoms. The van der Waals surface area contributed by atoms with E-state index in [-0.39, 0.29) is 36.6 Å². The second kappa shape index (κ2) is 8.58. The molecule has 1 aromatic heterocycles. The number of hydrogen-bond donors (Lipinski definition) is 1. The molecule has 1 aliphatic rings. The maximum absolute atomic E-state index is 12.3. The Morgan fingerprint density at radius 3 is 2.86 bits per heavy atom. The molecule has 1 amide bonds. The normalized spacial score (nSPS) is 17.5. The van der Waals surface area contributed by atoms with Gasteiger partial charge in [0.25, 0.3) is 0 Å². The molecule has 1 unspecified atom stereocenters. The quantitative estimate of drug-likeness (QED) is 0.845. The van der Waals surface area contributed by atoms with E-state index in [4.69, 9.17) is 10.5 Å². The van der Waals surface area contributed by atoms with Crippen molar-refractivity contribution in [1.82, 2.24) is 9.88 Å². The van der Waals surface area contributed by atoms with Gasteiger partial charge in [-0.1, -0.05) is 0 Å². The van der Waals surface area contributed by atoms with Crippen LogP contribution in [-0.2, 0) is 20.7 Å². The van der Waals surface area contributed by atoms with Gasteiger partial charge in [0.05, 0.1) is 30.8 Å². The summed E-state index contributed by atoms with van der Waals surface area (Å²) in [6.07, 6.45) is 3.38. The lowest BCUT2D eigenvalue weighted by molar-refractivity contribution is -0.151. The van der Waals surface area contributed by atoms with E-state index in [0.717, 1.165) is 12.8 Å². The molecule has 0 saturated carbocycles.